The monoisotopic (exact) mass is 437 g/mol. The van der Waals surface area contributed by atoms with Crippen LogP contribution in [0.25, 0.3) is 0 Å². The molecule has 7 nitrogen and oxygen atoms in total. The van der Waals surface area contributed by atoms with Crippen molar-refractivity contribution in [1.29, 1.82) is 0 Å². The first kappa shape index (κ1) is 20.3. The molecular weight excluding hydrogens is 406 g/mol. The van der Waals surface area contributed by atoms with Gasteiger partial charge in [-0.15, -0.1) is 0 Å². The first-order valence-corrected chi connectivity index (χ1v) is 11.9. The molecule has 0 amide bonds. The van der Waals surface area contributed by atoms with Crippen LogP contribution in [-0.2, 0) is 0 Å². The second-order valence-corrected chi connectivity index (χ2v) is 9.05. The zero-order valence-corrected chi connectivity index (χ0v) is 18.8. The number of nitrogens with one attached hydrogen (secondary N) is 2. The van der Waals surface area contributed by atoms with E-state index < -0.39 is 0 Å². The molecule has 0 spiro atoms. The van der Waals surface area contributed by atoms with Gasteiger partial charge in [-0.3, -0.25) is 0 Å². The standard InChI is InChI=1S/C23H31N7S/c31-23(24-18-9-10-18)27-22-25-20(29-11-5-2-6-12-29)17-21(26-22)30-15-13-28(14-16-30)19-7-3-1-4-8-19/h1,3-4,7-8,17-18H,2,5-6,9-16H2,(H2,24,25,26,27,31). The van der Waals surface area contributed by atoms with Crippen LogP contribution in [-0.4, -0.2) is 60.4 Å². The molecule has 1 aromatic carbocycles. The summed E-state index contributed by atoms with van der Waals surface area (Å²) < 4.78 is 0. The molecule has 2 N–H and O–H groups in total. The van der Waals surface area contributed by atoms with Gasteiger partial charge in [0.1, 0.15) is 11.6 Å². The molecule has 1 aromatic heterocycles. The van der Waals surface area contributed by atoms with Gasteiger partial charge in [0.2, 0.25) is 5.95 Å². The number of piperidine rings is 1. The van der Waals surface area contributed by atoms with Gasteiger partial charge in [0, 0.05) is 57.1 Å². The lowest BCUT2D eigenvalue weighted by atomic mass is 10.1. The Morgan fingerprint density at radius 2 is 1.42 bits per heavy atom. The average molecular weight is 438 g/mol. The van der Waals surface area contributed by atoms with Crippen molar-refractivity contribution in [3.05, 3.63) is 36.4 Å². The average Bonchev–Trinajstić information content (AvgIpc) is 3.64. The molecule has 0 atom stereocenters. The van der Waals surface area contributed by atoms with Gasteiger partial charge in [0.05, 0.1) is 0 Å². The highest BCUT2D eigenvalue weighted by molar-refractivity contribution is 7.80. The molecule has 8 heteroatoms. The number of piperazine rings is 1. The fraction of sp³-hybridized carbons (Fsp3) is 0.522. The Bertz CT molecular complexity index is 888. The molecule has 2 aromatic rings. The third-order valence-corrected chi connectivity index (χ3v) is 6.46. The summed E-state index contributed by atoms with van der Waals surface area (Å²) in [5.41, 5.74) is 1.29. The van der Waals surface area contributed by atoms with E-state index in [1.54, 1.807) is 0 Å². The van der Waals surface area contributed by atoms with Crippen molar-refractivity contribution in [1.82, 2.24) is 15.3 Å². The molecule has 5 rings (SSSR count). The Morgan fingerprint density at radius 3 is 2.06 bits per heavy atom. The summed E-state index contributed by atoms with van der Waals surface area (Å²) in [5, 5.41) is 7.20. The molecule has 2 saturated heterocycles. The van der Waals surface area contributed by atoms with Crippen molar-refractivity contribution in [2.24, 2.45) is 0 Å². The van der Waals surface area contributed by atoms with E-state index in [0.29, 0.717) is 17.1 Å². The molecule has 2 aliphatic heterocycles. The Balaban J connectivity index is 1.32. The third-order valence-electron chi connectivity index (χ3n) is 6.24. The number of para-hydroxylation sites is 1. The summed E-state index contributed by atoms with van der Waals surface area (Å²) in [5.74, 6) is 2.59. The fourth-order valence-electron chi connectivity index (χ4n) is 4.31. The van der Waals surface area contributed by atoms with Gasteiger partial charge in [-0.25, -0.2) is 0 Å². The zero-order valence-electron chi connectivity index (χ0n) is 18.0. The van der Waals surface area contributed by atoms with Crippen molar-refractivity contribution >= 4 is 40.6 Å². The summed E-state index contributed by atoms with van der Waals surface area (Å²) in [7, 11) is 0. The van der Waals surface area contributed by atoms with E-state index in [2.05, 4.69) is 61.7 Å². The normalized spacial score (nSPS) is 19.3. The highest BCUT2D eigenvalue weighted by Gasteiger charge is 2.24. The van der Waals surface area contributed by atoms with Crippen LogP contribution in [0.15, 0.2) is 36.4 Å². The van der Waals surface area contributed by atoms with Gasteiger partial charge in [-0.2, -0.15) is 9.97 Å². The van der Waals surface area contributed by atoms with Gasteiger partial charge in [0.25, 0.3) is 0 Å². The lowest BCUT2D eigenvalue weighted by molar-refractivity contribution is 0.573. The van der Waals surface area contributed by atoms with Crippen molar-refractivity contribution in [2.75, 3.05) is 59.3 Å². The molecule has 0 radical (unpaired) electrons. The van der Waals surface area contributed by atoms with Gasteiger partial charge in [-0.05, 0) is 56.5 Å². The van der Waals surface area contributed by atoms with E-state index in [4.69, 9.17) is 22.2 Å². The number of aromatic nitrogens is 2. The highest BCUT2D eigenvalue weighted by Crippen LogP contribution is 2.26. The van der Waals surface area contributed by atoms with E-state index in [9.17, 15) is 0 Å². The van der Waals surface area contributed by atoms with Crippen molar-refractivity contribution in [3.8, 4) is 0 Å². The van der Waals surface area contributed by atoms with Crippen LogP contribution in [0.1, 0.15) is 32.1 Å². The van der Waals surface area contributed by atoms with Gasteiger partial charge in [-0.1, -0.05) is 18.2 Å². The minimum absolute atomic E-state index is 0.510. The van der Waals surface area contributed by atoms with Crippen LogP contribution in [0.2, 0.25) is 0 Å². The van der Waals surface area contributed by atoms with Crippen molar-refractivity contribution in [3.63, 3.8) is 0 Å². The second-order valence-electron chi connectivity index (χ2n) is 8.64. The number of anilines is 4. The third kappa shape index (κ3) is 5.18. The van der Waals surface area contributed by atoms with Crippen LogP contribution < -0.4 is 25.3 Å². The Hall–Kier alpha value is -2.61. The van der Waals surface area contributed by atoms with Crippen LogP contribution in [0.4, 0.5) is 23.3 Å². The molecular formula is C23H31N7S. The maximum atomic E-state index is 5.49. The van der Waals surface area contributed by atoms with Gasteiger partial charge < -0.3 is 25.3 Å². The van der Waals surface area contributed by atoms with E-state index in [0.717, 1.165) is 50.9 Å². The van der Waals surface area contributed by atoms with E-state index in [1.165, 1.54) is 37.8 Å². The van der Waals surface area contributed by atoms with Gasteiger partial charge >= 0.3 is 0 Å². The summed E-state index contributed by atoms with van der Waals surface area (Å²) in [6, 6.07) is 13.3. The largest absolute Gasteiger partial charge is 0.368 e. The Kier molecular flexibility index (Phi) is 6.06. The highest BCUT2D eigenvalue weighted by atomic mass is 32.1. The van der Waals surface area contributed by atoms with Crippen LogP contribution >= 0.6 is 12.2 Å². The maximum absolute atomic E-state index is 5.49. The Morgan fingerprint density at radius 1 is 0.806 bits per heavy atom. The SMILES string of the molecule is S=C(Nc1nc(N2CCCCC2)cc(N2CCN(c3ccccc3)CC2)n1)NC1CC1. The molecule has 0 bridgehead atoms. The number of hydrogen-bond acceptors (Lipinski definition) is 6. The van der Waals surface area contributed by atoms with E-state index in [-0.39, 0.29) is 0 Å². The van der Waals surface area contributed by atoms with Crippen molar-refractivity contribution < 1.29 is 0 Å². The summed E-state index contributed by atoms with van der Waals surface area (Å²) in [4.78, 5) is 16.9. The van der Waals surface area contributed by atoms with Crippen LogP contribution in [0.5, 0.6) is 0 Å². The molecule has 1 aliphatic carbocycles. The zero-order chi connectivity index (χ0) is 21.0. The lowest BCUT2D eigenvalue weighted by Gasteiger charge is -2.37. The summed E-state index contributed by atoms with van der Waals surface area (Å²) in [6.07, 6.45) is 6.12. The molecule has 1 saturated carbocycles. The van der Waals surface area contributed by atoms with Gasteiger partial charge in [0.15, 0.2) is 5.11 Å². The number of benzene rings is 1. The minimum atomic E-state index is 0.510. The van der Waals surface area contributed by atoms with Crippen molar-refractivity contribution in [2.45, 2.75) is 38.1 Å². The number of hydrogen-bond donors (Lipinski definition) is 2. The molecule has 31 heavy (non-hydrogen) atoms. The topological polar surface area (TPSA) is 59.6 Å². The smallest absolute Gasteiger partial charge is 0.232 e. The summed E-state index contributed by atoms with van der Waals surface area (Å²) >= 11 is 5.49. The molecule has 3 heterocycles. The summed E-state index contributed by atoms with van der Waals surface area (Å²) in [6.45, 7) is 5.96. The second kappa shape index (κ2) is 9.26. The quantitative estimate of drug-likeness (QED) is 0.692. The first-order chi connectivity index (χ1) is 15.2. The molecule has 164 valence electrons. The molecule has 3 fully saturated rings. The fourth-order valence-corrected chi connectivity index (χ4v) is 4.57. The van der Waals surface area contributed by atoms with E-state index in [1.807, 2.05) is 0 Å². The van der Waals surface area contributed by atoms with Crippen LogP contribution in [0.3, 0.4) is 0 Å². The minimum Gasteiger partial charge on any atom is -0.368 e. The number of thiocarbonyl (C=S) groups is 1. The number of rotatable bonds is 5. The number of nitrogens with zero attached hydrogens (tertiary/aromatic N) is 5. The van der Waals surface area contributed by atoms with E-state index >= 15 is 0 Å². The van der Waals surface area contributed by atoms with Crippen LogP contribution in [0, 0.1) is 0 Å². The predicted molar refractivity (Wildman–Crippen MR) is 131 cm³/mol. The lowest BCUT2D eigenvalue weighted by Crippen LogP contribution is -2.47. The molecule has 3 aliphatic rings. The first-order valence-electron chi connectivity index (χ1n) is 11.5. The maximum Gasteiger partial charge on any atom is 0.232 e. The molecule has 0 unspecified atom stereocenters. The predicted octanol–water partition coefficient (Wildman–Crippen LogP) is 3.24. The Labute approximate surface area is 189 Å².